The summed E-state index contributed by atoms with van der Waals surface area (Å²) in [7, 11) is 0. The van der Waals surface area contributed by atoms with Crippen molar-refractivity contribution in [2.75, 3.05) is 44.4 Å². The number of para-hydroxylation sites is 1. The lowest BCUT2D eigenvalue weighted by Crippen LogP contribution is -2.44. The number of anilines is 1. The van der Waals surface area contributed by atoms with E-state index in [9.17, 15) is 5.11 Å². The van der Waals surface area contributed by atoms with Gasteiger partial charge in [-0.1, -0.05) is 42.5 Å². The molecule has 2 aliphatic heterocycles. The molecule has 2 aliphatic rings. The van der Waals surface area contributed by atoms with Crippen LogP contribution in [0.1, 0.15) is 36.5 Å². The van der Waals surface area contributed by atoms with Crippen LogP contribution in [-0.4, -0.2) is 50.5 Å². The average molecular weight is 437 g/mol. The first-order valence-electron chi connectivity index (χ1n) is 11.8. The van der Waals surface area contributed by atoms with Crippen molar-refractivity contribution in [3.8, 4) is 0 Å². The van der Waals surface area contributed by atoms with Crippen LogP contribution in [0.5, 0.6) is 0 Å². The van der Waals surface area contributed by atoms with E-state index in [2.05, 4.69) is 71.0 Å². The van der Waals surface area contributed by atoms with Crippen molar-refractivity contribution in [3.05, 3.63) is 65.2 Å². The van der Waals surface area contributed by atoms with Crippen molar-refractivity contribution in [1.82, 2.24) is 10.6 Å². The predicted molar refractivity (Wildman–Crippen MR) is 130 cm³/mol. The van der Waals surface area contributed by atoms with Gasteiger partial charge >= 0.3 is 0 Å². The lowest BCUT2D eigenvalue weighted by atomic mass is 9.84. The van der Waals surface area contributed by atoms with Crippen LogP contribution >= 0.6 is 0 Å². The first kappa shape index (κ1) is 22.6. The number of hydrogen-bond donors (Lipinski definition) is 3. The Bertz CT molecular complexity index is 891. The molecular formula is C26H36N4O2. The van der Waals surface area contributed by atoms with Crippen molar-refractivity contribution in [2.24, 2.45) is 10.4 Å². The second-order valence-electron chi connectivity index (χ2n) is 8.94. The number of ether oxygens (including phenoxy) is 1. The largest absolute Gasteiger partial charge is 0.396 e. The summed E-state index contributed by atoms with van der Waals surface area (Å²) in [6, 6.07) is 17.5. The number of guanidine groups is 1. The molecule has 0 saturated carbocycles. The fourth-order valence-electron chi connectivity index (χ4n) is 4.64. The maximum Gasteiger partial charge on any atom is 0.191 e. The second kappa shape index (κ2) is 10.8. The van der Waals surface area contributed by atoms with Gasteiger partial charge in [-0.3, -0.25) is 0 Å². The van der Waals surface area contributed by atoms with Crippen LogP contribution in [0.25, 0.3) is 0 Å². The van der Waals surface area contributed by atoms with Gasteiger partial charge in [0, 0.05) is 50.5 Å². The standard InChI is InChI=1S/C26H36N4O2/c1-2-27-25(29-19-26(12-15-31)13-16-32-20-26)28-17-21-7-9-22(10-8-21)18-30-14-11-23-5-3-4-6-24(23)30/h3-10,31H,2,11-20H2,1H3,(H2,27,28,29). The number of fused-ring (bicyclic) bond motifs is 1. The zero-order valence-electron chi connectivity index (χ0n) is 19.1. The third kappa shape index (κ3) is 5.61. The van der Waals surface area contributed by atoms with E-state index in [4.69, 9.17) is 9.73 Å². The predicted octanol–water partition coefficient (Wildman–Crippen LogP) is 3.09. The number of aliphatic hydroxyl groups is 1. The van der Waals surface area contributed by atoms with Gasteiger partial charge in [-0.25, -0.2) is 4.99 Å². The molecule has 3 N–H and O–H groups in total. The number of hydrogen-bond acceptors (Lipinski definition) is 4. The first-order chi connectivity index (χ1) is 15.7. The maximum absolute atomic E-state index is 9.44. The minimum atomic E-state index is 0.000774. The highest BCUT2D eigenvalue weighted by atomic mass is 16.5. The smallest absolute Gasteiger partial charge is 0.191 e. The molecule has 0 amide bonds. The van der Waals surface area contributed by atoms with E-state index in [0.717, 1.165) is 58.0 Å². The summed E-state index contributed by atoms with van der Waals surface area (Å²) in [5.74, 6) is 0.814. The number of aliphatic imine (C=N–C) groups is 1. The summed E-state index contributed by atoms with van der Waals surface area (Å²) in [5.41, 5.74) is 5.34. The summed E-state index contributed by atoms with van der Waals surface area (Å²) in [6.45, 7) is 7.96. The van der Waals surface area contributed by atoms with Crippen molar-refractivity contribution >= 4 is 11.6 Å². The Kier molecular flexibility index (Phi) is 7.66. The van der Waals surface area contributed by atoms with Crippen molar-refractivity contribution in [1.29, 1.82) is 0 Å². The molecule has 2 aromatic rings. The van der Waals surface area contributed by atoms with Gasteiger partial charge in [0.05, 0.1) is 13.2 Å². The van der Waals surface area contributed by atoms with Crippen LogP contribution in [-0.2, 0) is 24.2 Å². The van der Waals surface area contributed by atoms with E-state index in [1.54, 1.807) is 0 Å². The topological polar surface area (TPSA) is 69.1 Å². The molecule has 1 atom stereocenters. The molecule has 4 rings (SSSR count). The Morgan fingerprint density at radius 1 is 1.12 bits per heavy atom. The molecule has 6 heteroatoms. The fourth-order valence-corrected chi connectivity index (χ4v) is 4.64. The van der Waals surface area contributed by atoms with E-state index in [1.807, 2.05) is 0 Å². The zero-order valence-corrected chi connectivity index (χ0v) is 19.1. The lowest BCUT2D eigenvalue weighted by molar-refractivity contribution is 0.127. The molecular weight excluding hydrogens is 400 g/mol. The minimum Gasteiger partial charge on any atom is -0.396 e. The van der Waals surface area contributed by atoms with Gasteiger partial charge in [0.15, 0.2) is 5.96 Å². The normalized spacial score (nSPS) is 20.4. The molecule has 0 aliphatic carbocycles. The molecule has 2 heterocycles. The maximum atomic E-state index is 9.44. The van der Waals surface area contributed by atoms with Crippen molar-refractivity contribution in [3.63, 3.8) is 0 Å². The number of rotatable bonds is 9. The summed E-state index contributed by atoms with van der Waals surface area (Å²) in [4.78, 5) is 7.24. The molecule has 32 heavy (non-hydrogen) atoms. The Morgan fingerprint density at radius 3 is 2.69 bits per heavy atom. The fraction of sp³-hybridized carbons (Fsp3) is 0.500. The Hall–Kier alpha value is -2.57. The van der Waals surface area contributed by atoms with Crippen LogP contribution in [0.3, 0.4) is 0 Å². The van der Waals surface area contributed by atoms with Gasteiger partial charge in [-0.15, -0.1) is 0 Å². The molecule has 1 saturated heterocycles. The molecule has 0 radical (unpaired) electrons. The Balaban J connectivity index is 1.33. The van der Waals surface area contributed by atoms with Crippen LogP contribution in [0.2, 0.25) is 0 Å². The molecule has 1 fully saturated rings. The van der Waals surface area contributed by atoms with E-state index in [1.165, 1.54) is 22.4 Å². The summed E-state index contributed by atoms with van der Waals surface area (Å²) >= 11 is 0. The van der Waals surface area contributed by atoms with Crippen molar-refractivity contribution in [2.45, 2.75) is 39.3 Å². The first-order valence-corrected chi connectivity index (χ1v) is 11.8. The van der Waals surface area contributed by atoms with Crippen molar-refractivity contribution < 1.29 is 9.84 Å². The van der Waals surface area contributed by atoms with E-state index < -0.39 is 0 Å². The summed E-state index contributed by atoms with van der Waals surface area (Å²) in [6.07, 6.45) is 2.86. The molecule has 0 aromatic heterocycles. The molecule has 172 valence electrons. The molecule has 6 nitrogen and oxygen atoms in total. The van der Waals surface area contributed by atoms with Crippen LogP contribution in [0.4, 0.5) is 5.69 Å². The van der Waals surface area contributed by atoms with Crippen LogP contribution in [0.15, 0.2) is 53.5 Å². The molecule has 2 aromatic carbocycles. The van der Waals surface area contributed by atoms with E-state index in [-0.39, 0.29) is 12.0 Å². The van der Waals surface area contributed by atoms with Gasteiger partial charge in [0.1, 0.15) is 0 Å². The quantitative estimate of drug-likeness (QED) is 0.416. The molecule has 0 bridgehead atoms. The van der Waals surface area contributed by atoms with Gasteiger partial charge in [-0.05, 0) is 48.9 Å². The van der Waals surface area contributed by atoms with E-state index in [0.29, 0.717) is 13.2 Å². The van der Waals surface area contributed by atoms with Gasteiger partial charge in [0.2, 0.25) is 0 Å². The highest BCUT2D eigenvalue weighted by Gasteiger charge is 2.34. The number of aliphatic hydroxyl groups excluding tert-OH is 1. The molecule has 0 spiro atoms. The summed E-state index contributed by atoms with van der Waals surface area (Å²) in [5, 5.41) is 16.2. The Morgan fingerprint density at radius 2 is 1.94 bits per heavy atom. The van der Waals surface area contributed by atoms with Crippen LogP contribution < -0.4 is 15.5 Å². The average Bonchev–Trinajstić information content (AvgIpc) is 3.45. The highest BCUT2D eigenvalue weighted by molar-refractivity contribution is 5.79. The number of nitrogens with zero attached hydrogens (tertiary/aromatic N) is 2. The zero-order chi connectivity index (χ0) is 22.2. The molecule has 1 unspecified atom stereocenters. The second-order valence-corrected chi connectivity index (χ2v) is 8.94. The van der Waals surface area contributed by atoms with Gasteiger partial charge < -0.3 is 25.4 Å². The number of benzene rings is 2. The third-order valence-electron chi connectivity index (χ3n) is 6.60. The van der Waals surface area contributed by atoms with E-state index >= 15 is 0 Å². The third-order valence-corrected chi connectivity index (χ3v) is 6.60. The minimum absolute atomic E-state index is 0.000774. The highest BCUT2D eigenvalue weighted by Crippen LogP contribution is 2.31. The van der Waals surface area contributed by atoms with Crippen LogP contribution in [0, 0.1) is 5.41 Å². The lowest BCUT2D eigenvalue weighted by Gasteiger charge is -2.27. The van der Waals surface area contributed by atoms with Gasteiger partial charge in [0.25, 0.3) is 0 Å². The SMILES string of the molecule is CCNC(=NCc1ccc(CN2CCc3ccccc32)cc1)NCC1(CCO)CCOC1. The monoisotopic (exact) mass is 436 g/mol. The number of nitrogens with one attached hydrogen (secondary N) is 2. The van der Waals surface area contributed by atoms with Gasteiger partial charge in [-0.2, -0.15) is 0 Å². The summed E-state index contributed by atoms with van der Waals surface area (Å²) < 4.78 is 5.60. The Labute approximate surface area is 191 Å².